The van der Waals surface area contributed by atoms with Gasteiger partial charge in [-0.15, -0.1) is 0 Å². The summed E-state index contributed by atoms with van der Waals surface area (Å²) in [4.78, 5) is 0.399. The van der Waals surface area contributed by atoms with E-state index >= 15 is 17.6 Å². The third kappa shape index (κ3) is 3.28. The standard InChI is InChI=1S/C28H32F4O4S2/c29-27(30,22-15-18-14-21(22)26-17-8-7-16(13-17)25(18)26)28(31,32)38(34,35)36-37(11-3-4-12-37)24-10-9-23(33)19-5-1-2-6-20(19)24/h1-2,5-6,9-10,16-18,21-22,25-26,33H,3-4,7-8,11-15H2. The molecule has 10 heteroatoms. The SMILES string of the molecule is O=S(=O)(OS1(c2ccc(O)c3ccccc23)CCCC1)C(F)(F)C(F)(F)C1CC2CC1C1C3CCC(C3)C21. The second-order valence-corrected chi connectivity index (χ2v) is 17.1. The minimum absolute atomic E-state index is 0.00856. The number of phenolic OH excluding ortho intramolecular Hbond substituents is 1. The van der Waals surface area contributed by atoms with E-state index in [4.69, 9.17) is 3.63 Å². The van der Waals surface area contributed by atoms with Gasteiger partial charge in [0.15, 0.2) is 0 Å². The van der Waals surface area contributed by atoms with E-state index in [-0.39, 0.29) is 35.5 Å². The molecule has 7 atom stereocenters. The first-order valence-corrected chi connectivity index (χ1v) is 17.0. The number of rotatable bonds is 6. The van der Waals surface area contributed by atoms with Crippen molar-refractivity contribution in [2.75, 3.05) is 11.5 Å². The minimum atomic E-state index is -5.98. The summed E-state index contributed by atoms with van der Waals surface area (Å²) in [5.41, 5.74) is 0. The fourth-order valence-corrected chi connectivity index (χ4v) is 15.2. The summed E-state index contributed by atoms with van der Waals surface area (Å²) in [5.74, 6) is -5.38. The molecule has 4 saturated carbocycles. The quantitative estimate of drug-likeness (QED) is 0.291. The van der Waals surface area contributed by atoms with Gasteiger partial charge < -0.3 is 5.11 Å². The Morgan fingerprint density at radius 1 is 0.842 bits per heavy atom. The van der Waals surface area contributed by atoms with Crippen LogP contribution in [0.4, 0.5) is 17.6 Å². The predicted octanol–water partition coefficient (Wildman–Crippen LogP) is 7.31. The van der Waals surface area contributed by atoms with E-state index in [1.807, 2.05) is 0 Å². The van der Waals surface area contributed by atoms with Crippen LogP contribution in [0.15, 0.2) is 41.3 Å². The Morgan fingerprint density at radius 2 is 1.50 bits per heavy atom. The summed E-state index contributed by atoms with van der Waals surface area (Å²) >= 11 is 0. The summed E-state index contributed by atoms with van der Waals surface area (Å²) in [7, 11) is -8.83. The molecule has 0 amide bonds. The molecule has 38 heavy (non-hydrogen) atoms. The van der Waals surface area contributed by atoms with Gasteiger partial charge in [0.2, 0.25) is 0 Å². The molecule has 7 unspecified atom stereocenters. The molecule has 208 valence electrons. The number of halogens is 4. The molecule has 1 aliphatic heterocycles. The van der Waals surface area contributed by atoms with Crippen LogP contribution in [0.5, 0.6) is 5.75 Å². The normalized spacial score (nSPS) is 36.7. The highest BCUT2D eigenvalue weighted by molar-refractivity contribution is 8.33. The highest BCUT2D eigenvalue weighted by Gasteiger charge is 2.76. The number of hydrogen-bond donors (Lipinski definition) is 1. The number of phenols is 1. The largest absolute Gasteiger partial charge is 0.507 e. The zero-order valence-corrected chi connectivity index (χ0v) is 22.5. The Bertz CT molecular complexity index is 1390. The fraction of sp³-hybridized carbons (Fsp3) is 0.643. The van der Waals surface area contributed by atoms with Crippen molar-refractivity contribution >= 4 is 31.2 Å². The minimum Gasteiger partial charge on any atom is -0.507 e. The molecule has 1 heterocycles. The average Bonchev–Trinajstić information content (AvgIpc) is 3.70. The van der Waals surface area contributed by atoms with Crippen molar-refractivity contribution in [2.45, 2.75) is 61.0 Å². The van der Waals surface area contributed by atoms with E-state index in [0.29, 0.717) is 52.7 Å². The summed E-state index contributed by atoms with van der Waals surface area (Å²) in [6, 6.07) is 9.59. The lowest BCUT2D eigenvalue weighted by molar-refractivity contribution is -0.209. The van der Waals surface area contributed by atoms with Gasteiger partial charge >= 0.3 is 21.3 Å². The molecule has 5 fully saturated rings. The lowest BCUT2D eigenvalue weighted by Gasteiger charge is -2.43. The first-order chi connectivity index (χ1) is 18.0. The highest BCUT2D eigenvalue weighted by atomic mass is 32.3. The van der Waals surface area contributed by atoms with Crippen LogP contribution < -0.4 is 0 Å². The Kier molecular flexibility index (Phi) is 5.53. The van der Waals surface area contributed by atoms with Crippen LogP contribution in [0, 0.1) is 41.4 Å². The van der Waals surface area contributed by atoms with Crippen LogP contribution in [-0.4, -0.2) is 36.2 Å². The molecule has 2 aromatic rings. The first-order valence-electron chi connectivity index (χ1n) is 13.7. The number of fused-ring (bicyclic) bond motifs is 10. The van der Waals surface area contributed by atoms with Crippen molar-refractivity contribution in [1.29, 1.82) is 0 Å². The lowest BCUT2D eigenvalue weighted by Crippen LogP contribution is -2.55. The van der Waals surface area contributed by atoms with E-state index in [2.05, 4.69) is 0 Å². The summed E-state index contributed by atoms with van der Waals surface area (Å²) < 4.78 is 95.0. The molecule has 5 aliphatic rings. The monoisotopic (exact) mass is 572 g/mol. The van der Waals surface area contributed by atoms with Gasteiger partial charge in [-0.25, -0.2) is 3.63 Å². The zero-order valence-electron chi connectivity index (χ0n) is 20.9. The summed E-state index contributed by atoms with van der Waals surface area (Å²) in [6.45, 7) is 0. The van der Waals surface area contributed by atoms with Crippen molar-refractivity contribution in [1.82, 2.24) is 0 Å². The molecule has 1 saturated heterocycles. The van der Waals surface area contributed by atoms with E-state index in [1.54, 1.807) is 24.3 Å². The maximum atomic E-state index is 15.8. The molecule has 0 spiro atoms. The Hall–Kier alpha value is -1.52. The van der Waals surface area contributed by atoms with Gasteiger partial charge in [0.05, 0.1) is 0 Å². The van der Waals surface area contributed by atoms with Crippen molar-refractivity contribution < 1.29 is 34.7 Å². The highest BCUT2D eigenvalue weighted by Crippen LogP contribution is 2.72. The Morgan fingerprint density at radius 3 is 2.21 bits per heavy atom. The molecule has 2 aromatic carbocycles. The van der Waals surface area contributed by atoms with Crippen LogP contribution in [0.3, 0.4) is 0 Å². The van der Waals surface area contributed by atoms with Crippen LogP contribution >= 0.6 is 10.3 Å². The van der Waals surface area contributed by atoms with Gasteiger partial charge in [-0.2, -0.15) is 26.0 Å². The second kappa shape index (κ2) is 8.26. The van der Waals surface area contributed by atoms with E-state index in [0.717, 1.165) is 19.3 Å². The van der Waals surface area contributed by atoms with Gasteiger partial charge in [-0.1, -0.05) is 34.6 Å². The number of benzene rings is 2. The molecule has 1 N–H and O–H groups in total. The van der Waals surface area contributed by atoms with Crippen LogP contribution in [-0.2, 0) is 13.7 Å². The Labute approximate surface area is 221 Å². The van der Waals surface area contributed by atoms with Crippen LogP contribution in [0.25, 0.3) is 10.8 Å². The third-order valence-corrected chi connectivity index (χ3v) is 16.3. The second-order valence-electron chi connectivity index (χ2n) is 12.2. The van der Waals surface area contributed by atoms with Gasteiger partial charge in [0.25, 0.3) is 0 Å². The summed E-state index contributed by atoms with van der Waals surface area (Å²) in [5, 5.41) is 5.89. The molecular formula is C28H32F4O4S2. The molecule has 0 radical (unpaired) electrons. The number of aromatic hydroxyl groups is 1. The van der Waals surface area contributed by atoms with Crippen molar-refractivity contribution in [3.05, 3.63) is 36.4 Å². The van der Waals surface area contributed by atoms with E-state index < -0.39 is 43.4 Å². The molecule has 0 aromatic heterocycles. The molecule has 4 bridgehead atoms. The van der Waals surface area contributed by atoms with Gasteiger partial charge in [-0.05, 0) is 98.0 Å². The topological polar surface area (TPSA) is 63.6 Å². The van der Waals surface area contributed by atoms with Gasteiger partial charge in [-0.3, -0.25) is 0 Å². The molecule has 4 nitrogen and oxygen atoms in total. The lowest BCUT2D eigenvalue weighted by atomic mass is 9.66. The molecular weight excluding hydrogens is 540 g/mol. The number of hydrogen-bond acceptors (Lipinski definition) is 4. The first kappa shape index (κ1) is 25.4. The third-order valence-electron chi connectivity index (χ3n) is 10.6. The number of alkyl halides is 4. The van der Waals surface area contributed by atoms with Crippen LogP contribution in [0.2, 0.25) is 0 Å². The van der Waals surface area contributed by atoms with Gasteiger partial charge in [0.1, 0.15) is 5.75 Å². The molecule has 7 rings (SSSR count). The van der Waals surface area contributed by atoms with E-state index in [1.165, 1.54) is 12.1 Å². The Balaban J connectivity index is 1.23. The smallest absolute Gasteiger partial charge is 0.432 e. The van der Waals surface area contributed by atoms with Crippen molar-refractivity contribution in [3.63, 3.8) is 0 Å². The predicted molar refractivity (Wildman–Crippen MR) is 138 cm³/mol. The van der Waals surface area contributed by atoms with Crippen LogP contribution in [0.1, 0.15) is 44.9 Å². The van der Waals surface area contributed by atoms with Crippen molar-refractivity contribution in [3.8, 4) is 5.75 Å². The molecule has 4 aliphatic carbocycles. The maximum Gasteiger partial charge on any atom is 0.432 e. The van der Waals surface area contributed by atoms with Crippen molar-refractivity contribution in [2.24, 2.45) is 41.4 Å². The zero-order chi connectivity index (χ0) is 26.7. The maximum absolute atomic E-state index is 15.8. The fourth-order valence-electron chi connectivity index (χ4n) is 9.26. The summed E-state index contributed by atoms with van der Waals surface area (Å²) in [6.07, 6.45) is 4.63. The van der Waals surface area contributed by atoms with Gasteiger partial charge in [0, 0.05) is 27.7 Å². The average molecular weight is 573 g/mol. The van der Waals surface area contributed by atoms with E-state index in [9.17, 15) is 13.5 Å².